The standard InChI is InChI=1S/C32H53N3O3/c1-4-5-6-7-8-9-10-13-22-34-31(36)32(2,3)21-12-16-27-38-30-19-17-29(18-20-30)37-26-15-11-14-24-35-25-23-33-28-35/h17-20,23,25,28H,4-16,21-22,24,26-27H2,1-3H3,(H,34,36). The van der Waals surface area contributed by atoms with Crippen LogP contribution in [0.3, 0.4) is 0 Å². The maximum atomic E-state index is 12.6. The lowest BCUT2D eigenvalue weighted by Gasteiger charge is -2.23. The lowest BCUT2D eigenvalue weighted by atomic mass is 9.86. The molecule has 6 heteroatoms. The van der Waals surface area contributed by atoms with Gasteiger partial charge in [0.2, 0.25) is 5.91 Å². The Balaban J connectivity index is 1.46. The number of benzene rings is 1. The minimum atomic E-state index is -0.335. The highest BCUT2D eigenvalue weighted by Crippen LogP contribution is 2.24. The quantitative estimate of drug-likeness (QED) is 0.149. The van der Waals surface area contributed by atoms with Crippen molar-refractivity contribution < 1.29 is 14.3 Å². The van der Waals surface area contributed by atoms with Gasteiger partial charge in [-0.3, -0.25) is 4.79 Å². The first kappa shape index (κ1) is 31.7. The third kappa shape index (κ3) is 14.4. The zero-order valence-corrected chi connectivity index (χ0v) is 24.4. The first-order valence-electron chi connectivity index (χ1n) is 15.1. The van der Waals surface area contributed by atoms with E-state index in [-0.39, 0.29) is 11.3 Å². The molecule has 2 rings (SSSR count). The lowest BCUT2D eigenvalue weighted by molar-refractivity contribution is -0.129. The number of carbonyl (C=O) groups excluding carboxylic acids is 1. The topological polar surface area (TPSA) is 65.4 Å². The predicted molar refractivity (Wildman–Crippen MR) is 157 cm³/mol. The van der Waals surface area contributed by atoms with E-state index in [2.05, 4.69) is 35.6 Å². The minimum Gasteiger partial charge on any atom is -0.494 e. The van der Waals surface area contributed by atoms with Gasteiger partial charge in [-0.1, -0.05) is 65.7 Å². The van der Waals surface area contributed by atoms with Gasteiger partial charge < -0.3 is 19.4 Å². The molecule has 6 nitrogen and oxygen atoms in total. The van der Waals surface area contributed by atoms with E-state index in [1.54, 1.807) is 0 Å². The van der Waals surface area contributed by atoms with Crippen molar-refractivity contribution in [3.63, 3.8) is 0 Å². The molecule has 0 saturated carbocycles. The van der Waals surface area contributed by atoms with E-state index in [9.17, 15) is 4.79 Å². The summed E-state index contributed by atoms with van der Waals surface area (Å²) >= 11 is 0. The molecular formula is C32H53N3O3. The number of hydrogen-bond donors (Lipinski definition) is 1. The van der Waals surface area contributed by atoms with E-state index in [0.29, 0.717) is 6.61 Å². The van der Waals surface area contributed by atoms with Gasteiger partial charge in [-0.15, -0.1) is 0 Å². The van der Waals surface area contributed by atoms with E-state index in [1.807, 2.05) is 43.0 Å². The van der Waals surface area contributed by atoms with Crippen LogP contribution < -0.4 is 14.8 Å². The molecule has 0 atom stereocenters. The number of nitrogens with one attached hydrogen (secondary N) is 1. The van der Waals surface area contributed by atoms with Gasteiger partial charge in [0.1, 0.15) is 11.5 Å². The van der Waals surface area contributed by atoms with Crippen LogP contribution in [-0.4, -0.2) is 35.2 Å². The average molecular weight is 528 g/mol. The molecule has 0 aliphatic rings. The summed E-state index contributed by atoms with van der Waals surface area (Å²) in [5.41, 5.74) is -0.335. The van der Waals surface area contributed by atoms with Crippen LogP contribution in [-0.2, 0) is 11.3 Å². The van der Waals surface area contributed by atoms with Crippen LogP contribution in [0.15, 0.2) is 43.0 Å². The number of unbranched alkanes of at least 4 members (excludes halogenated alkanes) is 10. The number of hydrogen-bond acceptors (Lipinski definition) is 4. The van der Waals surface area contributed by atoms with Gasteiger partial charge in [0.15, 0.2) is 0 Å². The monoisotopic (exact) mass is 527 g/mol. The van der Waals surface area contributed by atoms with E-state index in [1.165, 1.54) is 44.9 Å². The zero-order valence-electron chi connectivity index (χ0n) is 24.4. The molecule has 0 bridgehead atoms. The largest absolute Gasteiger partial charge is 0.494 e. The fraction of sp³-hybridized carbons (Fsp3) is 0.688. The number of aryl methyl sites for hydroxylation is 1. The van der Waals surface area contributed by atoms with Gasteiger partial charge in [-0.05, 0) is 69.2 Å². The molecule has 0 fully saturated rings. The first-order valence-corrected chi connectivity index (χ1v) is 15.1. The van der Waals surface area contributed by atoms with Crippen LogP contribution in [0.5, 0.6) is 11.5 Å². The predicted octanol–water partition coefficient (Wildman–Crippen LogP) is 7.96. The van der Waals surface area contributed by atoms with Gasteiger partial charge in [-0.25, -0.2) is 4.98 Å². The summed E-state index contributed by atoms with van der Waals surface area (Å²) in [5, 5.41) is 3.15. The molecule has 0 saturated heterocycles. The minimum absolute atomic E-state index is 0.176. The molecule has 0 spiro atoms. The Morgan fingerprint density at radius 3 is 2.00 bits per heavy atom. The fourth-order valence-electron chi connectivity index (χ4n) is 4.49. The second-order valence-electron chi connectivity index (χ2n) is 11.1. The molecule has 38 heavy (non-hydrogen) atoms. The Hall–Kier alpha value is -2.50. The number of rotatable bonds is 23. The molecule has 1 aromatic carbocycles. The highest BCUT2D eigenvalue weighted by atomic mass is 16.5. The summed E-state index contributed by atoms with van der Waals surface area (Å²) in [6, 6.07) is 7.88. The summed E-state index contributed by atoms with van der Waals surface area (Å²) in [6.07, 6.45) is 22.0. The van der Waals surface area contributed by atoms with Crippen molar-refractivity contribution in [2.45, 2.75) is 117 Å². The molecule has 0 aliphatic heterocycles. The van der Waals surface area contributed by atoms with Crippen LogP contribution in [0, 0.1) is 5.41 Å². The van der Waals surface area contributed by atoms with Gasteiger partial charge in [0, 0.05) is 30.9 Å². The molecule has 1 heterocycles. The fourth-order valence-corrected chi connectivity index (χ4v) is 4.49. The lowest BCUT2D eigenvalue weighted by Crippen LogP contribution is -2.37. The Kier molecular flexibility index (Phi) is 16.3. The highest BCUT2D eigenvalue weighted by molar-refractivity contribution is 5.81. The van der Waals surface area contributed by atoms with Gasteiger partial charge in [0.05, 0.1) is 19.5 Å². The van der Waals surface area contributed by atoms with E-state index in [4.69, 9.17) is 9.47 Å². The van der Waals surface area contributed by atoms with Crippen molar-refractivity contribution in [1.29, 1.82) is 0 Å². The molecule has 0 unspecified atom stereocenters. The average Bonchev–Trinajstić information content (AvgIpc) is 3.44. The number of amides is 1. The maximum absolute atomic E-state index is 12.6. The summed E-state index contributed by atoms with van der Waals surface area (Å²) in [5.74, 6) is 1.92. The third-order valence-electron chi connectivity index (χ3n) is 7.11. The number of nitrogens with zero attached hydrogens (tertiary/aromatic N) is 2. The Bertz CT molecular complexity index is 834. The summed E-state index contributed by atoms with van der Waals surface area (Å²) in [6.45, 7) is 9.55. The van der Waals surface area contributed by atoms with Crippen LogP contribution in [0.25, 0.3) is 0 Å². The van der Waals surface area contributed by atoms with Crippen LogP contribution in [0.4, 0.5) is 0 Å². The molecule has 1 N–H and O–H groups in total. The number of imidazole rings is 1. The summed E-state index contributed by atoms with van der Waals surface area (Å²) < 4.78 is 13.9. The molecule has 0 aliphatic carbocycles. The van der Waals surface area contributed by atoms with Crippen molar-refractivity contribution >= 4 is 5.91 Å². The van der Waals surface area contributed by atoms with Crippen molar-refractivity contribution in [3.8, 4) is 11.5 Å². The van der Waals surface area contributed by atoms with Crippen molar-refractivity contribution in [2.75, 3.05) is 19.8 Å². The molecule has 2 aromatic rings. The second-order valence-corrected chi connectivity index (χ2v) is 11.1. The maximum Gasteiger partial charge on any atom is 0.225 e. The van der Waals surface area contributed by atoms with Gasteiger partial charge in [0.25, 0.3) is 0 Å². The molecule has 214 valence electrons. The zero-order chi connectivity index (χ0) is 27.3. The van der Waals surface area contributed by atoms with Crippen LogP contribution in [0.2, 0.25) is 0 Å². The van der Waals surface area contributed by atoms with Crippen LogP contribution in [0.1, 0.15) is 111 Å². The van der Waals surface area contributed by atoms with Crippen molar-refractivity contribution in [3.05, 3.63) is 43.0 Å². The van der Waals surface area contributed by atoms with Crippen LogP contribution >= 0.6 is 0 Å². The molecule has 1 amide bonds. The number of carbonyl (C=O) groups is 1. The first-order chi connectivity index (χ1) is 18.5. The third-order valence-corrected chi connectivity index (χ3v) is 7.11. The second kappa shape index (κ2) is 19.6. The summed E-state index contributed by atoms with van der Waals surface area (Å²) in [4.78, 5) is 16.7. The van der Waals surface area contributed by atoms with E-state index >= 15 is 0 Å². The smallest absolute Gasteiger partial charge is 0.225 e. The van der Waals surface area contributed by atoms with Crippen molar-refractivity contribution in [1.82, 2.24) is 14.9 Å². The van der Waals surface area contributed by atoms with E-state index in [0.717, 1.165) is 76.1 Å². The SMILES string of the molecule is CCCCCCCCCCNC(=O)C(C)(C)CCCCOc1ccc(OCCCCCn2ccnc2)cc1. The highest BCUT2D eigenvalue weighted by Gasteiger charge is 2.26. The Morgan fingerprint density at radius 2 is 1.39 bits per heavy atom. The molecular weight excluding hydrogens is 474 g/mol. The summed E-state index contributed by atoms with van der Waals surface area (Å²) in [7, 11) is 0. The van der Waals surface area contributed by atoms with E-state index < -0.39 is 0 Å². The number of aromatic nitrogens is 2. The van der Waals surface area contributed by atoms with Gasteiger partial charge in [-0.2, -0.15) is 0 Å². The number of ether oxygens (including phenoxy) is 2. The molecule has 0 radical (unpaired) electrons. The molecule has 1 aromatic heterocycles. The van der Waals surface area contributed by atoms with Crippen molar-refractivity contribution in [2.24, 2.45) is 5.41 Å². The Labute approximate surface area is 231 Å². The normalized spacial score (nSPS) is 11.4. The van der Waals surface area contributed by atoms with Gasteiger partial charge >= 0.3 is 0 Å². The Morgan fingerprint density at radius 1 is 0.816 bits per heavy atom.